The number of nitrogens with zero attached hydrogens (tertiary/aromatic N) is 1. The molecule has 2 aromatic rings. The van der Waals surface area contributed by atoms with Gasteiger partial charge in [-0.1, -0.05) is 18.2 Å². The molecule has 0 aliphatic rings. The Morgan fingerprint density at radius 3 is 2.31 bits per heavy atom. The molecule has 0 saturated carbocycles. The van der Waals surface area contributed by atoms with Gasteiger partial charge in [0.15, 0.2) is 11.5 Å². The maximum atomic E-state index is 13.0. The average molecular weight is 357 g/mol. The largest absolute Gasteiger partial charge is 0.493 e. The van der Waals surface area contributed by atoms with Crippen LogP contribution in [0.2, 0.25) is 0 Å². The van der Waals surface area contributed by atoms with Gasteiger partial charge >= 0.3 is 0 Å². The maximum Gasteiger partial charge on any atom is 0.247 e. The van der Waals surface area contributed by atoms with Crippen molar-refractivity contribution in [2.75, 3.05) is 20.8 Å². The molecule has 0 radical (unpaired) electrons. The van der Waals surface area contributed by atoms with Crippen LogP contribution in [0, 0.1) is 5.82 Å². The van der Waals surface area contributed by atoms with Crippen LogP contribution < -0.4 is 9.47 Å². The topological polar surface area (TPSA) is 38.8 Å². The minimum Gasteiger partial charge on any atom is -0.493 e. The van der Waals surface area contributed by atoms with Crippen LogP contribution in [0.5, 0.6) is 11.5 Å². The molecule has 0 saturated heterocycles. The molecule has 0 spiro atoms. The van der Waals surface area contributed by atoms with E-state index >= 15 is 0 Å². The summed E-state index contributed by atoms with van der Waals surface area (Å²) in [6, 6.07) is 11.7. The second-order valence-electron chi connectivity index (χ2n) is 5.88. The van der Waals surface area contributed by atoms with Gasteiger partial charge in [-0.15, -0.1) is 0 Å². The van der Waals surface area contributed by atoms with Crippen LogP contribution in [0.4, 0.5) is 4.39 Å². The first-order chi connectivity index (χ1) is 12.5. The number of hydrogen-bond acceptors (Lipinski definition) is 3. The van der Waals surface area contributed by atoms with Gasteiger partial charge in [-0.3, -0.25) is 4.79 Å². The van der Waals surface area contributed by atoms with Gasteiger partial charge in [-0.05, 0) is 54.8 Å². The van der Waals surface area contributed by atoms with Crippen LogP contribution >= 0.6 is 0 Å². The predicted octanol–water partition coefficient (Wildman–Crippen LogP) is 4.29. The SMILES string of the molecule is CCN(Cc1ccc(OC)c(OC)c1)C(=O)/C=C(/C)c1ccc(F)cc1. The number of benzene rings is 2. The molecule has 26 heavy (non-hydrogen) atoms. The normalized spacial score (nSPS) is 11.2. The molecular weight excluding hydrogens is 333 g/mol. The summed E-state index contributed by atoms with van der Waals surface area (Å²) in [7, 11) is 3.17. The number of halogens is 1. The molecule has 0 aliphatic heterocycles. The van der Waals surface area contributed by atoms with E-state index in [9.17, 15) is 9.18 Å². The maximum absolute atomic E-state index is 13.0. The number of allylic oxidation sites excluding steroid dienone is 1. The van der Waals surface area contributed by atoms with Gasteiger partial charge < -0.3 is 14.4 Å². The third-order valence-electron chi connectivity index (χ3n) is 4.15. The van der Waals surface area contributed by atoms with Crippen molar-refractivity contribution in [3.8, 4) is 11.5 Å². The fourth-order valence-electron chi connectivity index (χ4n) is 2.62. The summed E-state index contributed by atoms with van der Waals surface area (Å²) in [6.45, 7) is 4.80. The fourth-order valence-corrected chi connectivity index (χ4v) is 2.62. The van der Waals surface area contributed by atoms with Crippen LogP contribution in [0.15, 0.2) is 48.5 Å². The lowest BCUT2D eigenvalue weighted by Crippen LogP contribution is -2.28. The van der Waals surface area contributed by atoms with Gasteiger partial charge in [0.05, 0.1) is 14.2 Å². The Hall–Kier alpha value is -2.82. The lowest BCUT2D eigenvalue weighted by molar-refractivity contribution is -0.126. The van der Waals surface area contributed by atoms with E-state index in [1.165, 1.54) is 12.1 Å². The summed E-state index contributed by atoms with van der Waals surface area (Å²) in [4.78, 5) is 14.4. The molecule has 0 bridgehead atoms. The first-order valence-electron chi connectivity index (χ1n) is 8.42. The van der Waals surface area contributed by atoms with Crippen molar-refractivity contribution in [3.63, 3.8) is 0 Å². The zero-order valence-electron chi connectivity index (χ0n) is 15.6. The van der Waals surface area contributed by atoms with Crippen molar-refractivity contribution in [2.24, 2.45) is 0 Å². The molecule has 0 fully saturated rings. The molecule has 2 aromatic carbocycles. The zero-order valence-corrected chi connectivity index (χ0v) is 15.6. The monoisotopic (exact) mass is 357 g/mol. The van der Waals surface area contributed by atoms with E-state index in [4.69, 9.17) is 9.47 Å². The second-order valence-corrected chi connectivity index (χ2v) is 5.88. The predicted molar refractivity (Wildman–Crippen MR) is 101 cm³/mol. The molecule has 138 valence electrons. The number of amides is 1. The molecule has 0 aliphatic carbocycles. The minimum atomic E-state index is -0.295. The van der Waals surface area contributed by atoms with Crippen LogP contribution in [0.3, 0.4) is 0 Å². The molecule has 4 nitrogen and oxygen atoms in total. The number of methoxy groups -OCH3 is 2. The first-order valence-corrected chi connectivity index (χ1v) is 8.42. The summed E-state index contributed by atoms with van der Waals surface area (Å²) in [6.07, 6.45) is 1.58. The van der Waals surface area contributed by atoms with Crippen molar-refractivity contribution in [2.45, 2.75) is 20.4 Å². The van der Waals surface area contributed by atoms with Gasteiger partial charge in [-0.2, -0.15) is 0 Å². The Kier molecular flexibility index (Phi) is 6.78. The highest BCUT2D eigenvalue weighted by atomic mass is 19.1. The quantitative estimate of drug-likeness (QED) is 0.694. The van der Waals surface area contributed by atoms with Gasteiger partial charge in [0, 0.05) is 19.2 Å². The van der Waals surface area contributed by atoms with E-state index in [0.29, 0.717) is 24.6 Å². The molecule has 0 atom stereocenters. The summed E-state index contributed by atoms with van der Waals surface area (Å²) < 4.78 is 23.6. The summed E-state index contributed by atoms with van der Waals surface area (Å²) >= 11 is 0. The number of likely N-dealkylation sites (N-methyl/N-ethyl adjacent to an activating group) is 1. The lowest BCUT2D eigenvalue weighted by Gasteiger charge is -2.20. The summed E-state index contributed by atoms with van der Waals surface area (Å²) in [5, 5.41) is 0. The van der Waals surface area contributed by atoms with E-state index < -0.39 is 0 Å². The molecule has 5 heteroatoms. The highest BCUT2D eigenvalue weighted by Crippen LogP contribution is 2.28. The molecule has 0 unspecified atom stereocenters. The molecule has 0 heterocycles. The van der Waals surface area contributed by atoms with Crippen LogP contribution in [0.25, 0.3) is 5.57 Å². The number of carbonyl (C=O) groups excluding carboxylic acids is 1. The van der Waals surface area contributed by atoms with Gasteiger partial charge in [-0.25, -0.2) is 4.39 Å². The zero-order chi connectivity index (χ0) is 19.1. The van der Waals surface area contributed by atoms with Crippen molar-refractivity contribution in [3.05, 3.63) is 65.5 Å². The molecule has 0 aromatic heterocycles. The number of rotatable bonds is 7. The summed E-state index contributed by atoms with van der Waals surface area (Å²) in [5.41, 5.74) is 2.56. The van der Waals surface area contributed by atoms with Crippen LogP contribution in [-0.4, -0.2) is 31.6 Å². The molecule has 0 N–H and O–H groups in total. The Morgan fingerprint density at radius 1 is 1.08 bits per heavy atom. The van der Waals surface area contributed by atoms with Crippen LogP contribution in [-0.2, 0) is 11.3 Å². The van der Waals surface area contributed by atoms with E-state index in [2.05, 4.69) is 0 Å². The number of hydrogen-bond donors (Lipinski definition) is 0. The van der Waals surface area contributed by atoms with E-state index in [-0.39, 0.29) is 11.7 Å². The van der Waals surface area contributed by atoms with Gasteiger partial charge in [0.2, 0.25) is 5.91 Å². The first kappa shape index (κ1) is 19.5. The average Bonchev–Trinajstić information content (AvgIpc) is 2.66. The van der Waals surface area contributed by atoms with Crippen molar-refractivity contribution in [1.29, 1.82) is 0 Å². The summed E-state index contributed by atoms with van der Waals surface area (Å²) in [5.74, 6) is 0.893. The highest BCUT2D eigenvalue weighted by Gasteiger charge is 2.13. The fraction of sp³-hybridized carbons (Fsp3) is 0.286. The highest BCUT2D eigenvalue weighted by molar-refractivity contribution is 5.94. The third kappa shape index (κ3) is 4.85. The Labute approximate surface area is 153 Å². The van der Waals surface area contributed by atoms with Crippen molar-refractivity contribution < 1.29 is 18.7 Å². The van der Waals surface area contributed by atoms with Crippen molar-refractivity contribution >= 4 is 11.5 Å². The smallest absolute Gasteiger partial charge is 0.247 e. The number of ether oxygens (including phenoxy) is 2. The molecule has 2 rings (SSSR count). The van der Waals surface area contributed by atoms with Gasteiger partial charge in [0.25, 0.3) is 0 Å². The minimum absolute atomic E-state index is 0.0934. The standard InChI is InChI=1S/C21H24FNO3/c1-5-23(14-16-6-11-19(25-3)20(13-16)26-4)21(24)12-15(2)17-7-9-18(22)10-8-17/h6-13H,5,14H2,1-4H3/b15-12-. The molecule has 1 amide bonds. The van der Waals surface area contributed by atoms with Crippen LogP contribution in [0.1, 0.15) is 25.0 Å². The Bertz CT molecular complexity index is 784. The third-order valence-corrected chi connectivity index (χ3v) is 4.15. The second kappa shape index (κ2) is 9.04. The van der Waals surface area contributed by atoms with E-state index in [1.54, 1.807) is 37.3 Å². The molecular formula is C21H24FNO3. The number of carbonyl (C=O) groups is 1. The van der Waals surface area contributed by atoms with Gasteiger partial charge in [0.1, 0.15) is 5.82 Å². The van der Waals surface area contributed by atoms with Crippen molar-refractivity contribution in [1.82, 2.24) is 4.90 Å². The Morgan fingerprint density at radius 2 is 1.73 bits per heavy atom. The lowest BCUT2D eigenvalue weighted by atomic mass is 10.1. The Balaban J connectivity index is 2.15. The van der Waals surface area contributed by atoms with E-state index in [0.717, 1.165) is 16.7 Å². The van der Waals surface area contributed by atoms with E-state index in [1.807, 2.05) is 32.0 Å².